The zero-order chi connectivity index (χ0) is 18.1. The van der Waals surface area contributed by atoms with Gasteiger partial charge < -0.3 is 9.30 Å². The van der Waals surface area contributed by atoms with Crippen LogP contribution in [0.3, 0.4) is 0 Å². The first-order chi connectivity index (χ1) is 12.6. The molecule has 0 radical (unpaired) electrons. The van der Waals surface area contributed by atoms with Crippen LogP contribution in [0.4, 0.5) is 0 Å². The zero-order valence-corrected chi connectivity index (χ0v) is 15.3. The van der Waals surface area contributed by atoms with Gasteiger partial charge in [0.1, 0.15) is 11.9 Å². The number of hydrogen-bond donors (Lipinski definition) is 0. The van der Waals surface area contributed by atoms with Crippen LogP contribution >= 0.6 is 0 Å². The molecule has 1 aliphatic heterocycles. The van der Waals surface area contributed by atoms with Crippen molar-refractivity contribution in [1.29, 1.82) is 0 Å². The summed E-state index contributed by atoms with van der Waals surface area (Å²) < 4.78 is 10.1. The molecule has 0 unspecified atom stereocenters. The number of fused-ring (bicyclic) bond motifs is 1. The summed E-state index contributed by atoms with van der Waals surface area (Å²) >= 11 is 0. The monoisotopic (exact) mass is 352 g/mol. The van der Waals surface area contributed by atoms with Gasteiger partial charge in [0.05, 0.1) is 5.52 Å². The lowest BCUT2D eigenvalue weighted by Crippen LogP contribution is -2.39. The molecule has 0 saturated carbocycles. The number of aromatic nitrogens is 3. The fraction of sp³-hybridized carbons (Fsp3) is 0.400. The molecule has 3 heterocycles. The SMILES string of the molecule is Cn1c(CN2CCC(Oc3cccc4c3ccn4C)CC2)ccnc1=O. The molecule has 6 heteroatoms. The van der Waals surface area contributed by atoms with Crippen LogP contribution in [-0.4, -0.2) is 38.2 Å². The van der Waals surface area contributed by atoms with Gasteiger partial charge in [0, 0.05) is 57.2 Å². The quantitative estimate of drug-likeness (QED) is 0.723. The molecule has 2 aromatic heterocycles. The molecule has 1 aliphatic rings. The van der Waals surface area contributed by atoms with Crippen LogP contribution in [-0.2, 0) is 20.6 Å². The van der Waals surface area contributed by atoms with Gasteiger partial charge in [0.15, 0.2) is 0 Å². The summed E-state index contributed by atoms with van der Waals surface area (Å²) in [6.45, 7) is 2.70. The van der Waals surface area contributed by atoms with Crippen molar-refractivity contribution in [3.63, 3.8) is 0 Å². The standard InChI is InChI=1S/C20H24N4O2/c1-22-11-9-17-18(22)4-3-5-19(17)26-16-7-12-24(13-8-16)14-15-6-10-21-20(25)23(15)2/h3-6,9-11,16H,7-8,12-14H2,1-2H3. The van der Waals surface area contributed by atoms with Crippen LogP contribution in [0.2, 0.25) is 0 Å². The molecule has 136 valence electrons. The van der Waals surface area contributed by atoms with E-state index in [4.69, 9.17) is 4.74 Å². The highest BCUT2D eigenvalue weighted by molar-refractivity contribution is 5.86. The maximum absolute atomic E-state index is 11.7. The fourth-order valence-corrected chi connectivity index (χ4v) is 3.64. The first kappa shape index (κ1) is 16.8. The minimum absolute atomic E-state index is 0.198. The zero-order valence-electron chi connectivity index (χ0n) is 15.3. The predicted octanol–water partition coefficient (Wildman–Crippen LogP) is 2.32. The van der Waals surface area contributed by atoms with Crippen LogP contribution in [0.1, 0.15) is 18.5 Å². The Morgan fingerprint density at radius 2 is 1.96 bits per heavy atom. The van der Waals surface area contributed by atoms with Crippen LogP contribution in [0.25, 0.3) is 10.9 Å². The first-order valence-corrected chi connectivity index (χ1v) is 9.06. The number of nitrogens with zero attached hydrogens (tertiary/aromatic N) is 4. The Bertz CT molecular complexity index is 967. The number of hydrogen-bond acceptors (Lipinski definition) is 4. The van der Waals surface area contributed by atoms with Gasteiger partial charge in [-0.25, -0.2) is 9.78 Å². The maximum atomic E-state index is 11.7. The third kappa shape index (κ3) is 3.24. The Balaban J connectivity index is 1.39. The summed E-state index contributed by atoms with van der Waals surface area (Å²) in [7, 11) is 3.83. The van der Waals surface area contributed by atoms with Crippen molar-refractivity contribution >= 4 is 10.9 Å². The van der Waals surface area contributed by atoms with Crippen molar-refractivity contribution in [3.05, 3.63) is 58.9 Å². The summed E-state index contributed by atoms with van der Waals surface area (Å²) in [5, 5.41) is 1.17. The van der Waals surface area contributed by atoms with Crippen LogP contribution in [0.5, 0.6) is 5.75 Å². The van der Waals surface area contributed by atoms with Gasteiger partial charge in [-0.1, -0.05) is 6.07 Å². The van der Waals surface area contributed by atoms with Crippen molar-refractivity contribution in [2.75, 3.05) is 13.1 Å². The van der Waals surface area contributed by atoms with Gasteiger partial charge in [-0.2, -0.15) is 0 Å². The largest absolute Gasteiger partial charge is 0.490 e. The number of ether oxygens (including phenoxy) is 1. The molecule has 1 saturated heterocycles. The Morgan fingerprint density at radius 1 is 1.15 bits per heavy atom. The topological polar surface area (TPSA) is 52.3 Å². The molecule has 0 amide bonds. The molecule has 0 bridgehead atoms. The molecule has 1 aromatic carbocycles. The molecule has 0 aliphatic carbocycles. The van der Waals surface area contributed by atoms with E-state index in [0.717, 1.165) is 43.9 Å². The molecule has 0 N–H and O–H groups in total. The molecule has 6 nitrogen and oxygen atoms in total. The smallest absolute Gasteiger partial charge is 0.347 e. The van der Waals surface area contributed by atoms with E-state index in [2.05, 4.69) is 52.0 Å². The van der Waals surface area contributed by atoms with Crippen molar-refractivity contribution in [2.24, 2.45) is 14.1 Å². The van der Waals surface area contributed by atoms with Crippen LogP contribution in [0.15, 0.2) is 47.5 Å². The summed E-state index contributed by atoms with van der Waals surface area (Å²) in [5.74, 6) is 0.970. The Morgan fingerprint density at radius 3 is 2.77 bits per heavy atom. The van der Waals surface area contributed by atoms with Crippen molar-refractivity contribution in [1.82, 2.24) is 19.0 Å². The highest BCUT2D eigenvalue weighted by Crippen LogP contribution is 2.28. The molecule has 0 atom stereocenters. The lowest BCUT2D eigenvalue weighted by Gasteiger charge is -2.32. The molecule has 3 aromatic rings. The number of rotatable bonds is 4. The van der Waals surface area contributed by atoms with Gasteiger partial charge in [-0.3, -0.25) is 9.47 Å². The van der Waals surface area contributed by atoms with Gasteiger partial charge in [0.25, 0.3) is 0 Å². The second kappa shape index (κ2) is 6.96. The summed E-state index contributed by atoms with van der Waals surface area (Å²) in [6, 6.07) is 10.3. The summed E-state index contributed by atoms with van der Waals surface area (Å²) in [6.07, 6.45) is 5.87. The third-order valence-electron chi connectivity index (χ3n) is 5.27. The van der Waals surface area contributed by atoms with E-state index in [0.29, 0.717) is 0 Å². The Hall–Kier alpha value is -2.60. The second-order valence-electron chi connectivity index (χ2n) is 6.99. The van der Waals surface area contributed by atoms with Gasteiger partial charge in [-0.05, 0) is 37.1 Å². The minimum Gasteiger partial charge on any atom is -0.490 e. The predicted molar refractivity (Wildman–Crippen MR) is 101 cm³/mol. The molecule has 1 fully saturated rings. The fourth-order valence-electron chi connectivity index (χ4n) is 3.64. The van der Waals surface area contributed by atoms with E-state index >= 15 is 0 Å². The van der Waals surface area contributed by atoms with Crippen molar-refractivity contribution in [3.8, 4) is 5.75 Å². The van der Waals surface area contributed by atoms with Gasteiger partial charge >= 0.3 is 5.69 Å². The highest BCUT2D eigenvalue weighted by atomic mass is 16.5. The number of piperidine rings is 1. The molecule has 26 heavy (non-hydrogen) atoms. The summed E-state index contributed by atoms with van der Waals surface area (Å²) in [4.78, 5) is 17.8. The van der Waals surface area contributed by atoms with Crippen LogP contribution < -0.4 is 10.4 Å². The van der Waals surface area contributed by atoms with Gasteiger partial charge in [0.2, 0.25) is 0 Å². The van der Waals surface area contributed by atoms with Gasteiger partial charge in [-0.15, -0.1) is 0 Å². The lowest BCUT2D eigenvalue weighted by molar-refractivity contribution is 0.0966. The number of aryl methyl sites for hydroxylation is 1. The molecule has 4 rings (SSSR count). The molecule has 0 spiro atoms. The highest BCUT2D eigenvalue weighted by Gasteiger charge is 2.22. The maximum Gasteiger partial charge on any atom is 0.347 e. The summed E-state index contributed by atoms with van der Waals surface area (Å²) in [5.41, 5.74) is 1.99. The van der Waals surface area contributed by atoms with E-state index in [9.17, 15) is 4.79 Å². The second-order valence-corrected chi connectivity index (χ2v) is 6.99. The first-order valence-electron chi connectivity index (χ1n) is 9.06. The van der Waals surface area contributed by atoms with Crippen molar-refractivity contribution < 1.29 is 4.74 Å². The average Bonchev–Trinajstić information content (AvgIpc) is 3.03. The van der Waals surface area contributed by atoms with E-state index in [-0.39, 0.29) is 11.8 Å². The Labute approximate surface area is 152 Å². The van der Waals surface area contributed by atoms with E-state index in [1.807, 2.05) is 6.07 Å². The number of benzene rings is 1. The van der Waals surface area contributed by atoms with Crippen LogP contribution in [0, 0.1) is 0 Å². The van der Waals surface area contributed by atoms with E-state index in [1.165, 1.54) is 10.9 Å². The minimum atomic E-state index is -0.198. The van der Waals surface area contributed by atoms with Crippen molar-refractivity contribution in [2.45, 2.75) is 25.5 Å². The third-order valence-corrected chi connectivity index (χ3v) is 5.27. The van der Waals surface area contributed by atoms with E-state index in [1.54, 1.807) is 17.8 Å². The van der Waals surface area contributed by atoms with E-state index < -0.39 is 0 Å². The average molecular weight is 352 g/mol. The number of likely N-dealkylation sites (tertiary alicyclic amines) is 1. The molecular formula is C20H24N4O2. The molecular weight excluding hydrogens is 328 g/mol. The Kier molecular flexibility index (Phi) is 4.51. The lowest BCUT2D eigenvalue weighted by atomic mass is 10.1. The normalized spacial score (nSPS) is 16.2.